The van der Waals surface area contributed by atoms with E-state index in [-0.39, 0.29) is 17.1 Å². The Morgan fingerprint density at radius 3 is 2.44 bits per heavy atom. The van der Waals surface area contributed by atoms with Crippen molar-refractivity contribution < 1.29 is 38.1 Å². The molecule has 8 nitrogen and oxygen atoms in total. The molecule has 1 atom stereocenters. The molecule has 0 saturated heterocycles. The molecule has 4 rings (SSSR count). The van der Waals surface area contributed by atoms with Crippen LogP contribution in [-0.4, -0.2) is 31.0 Å². The van der Waals surface area contributed by atoms with Gasteiger partial charge in [-0.1, -0.05) is 30.3 Å². The highest BCUT2D eigenvalue weighted by atomic mass is 16.6. The van der Waals surface area contributed by atoms with Crippen molar-refractivity contribution in [2.75, 3.05) is 7.11 Å². The highest BCUT2D eigenvalue weighted by molar-refractivity contribution is 6.13. The number of carbonyl (C=O) groups is 4. The Morgan fingerprint density at radius 1 is 1.00 bits per heavy atom. The lowest BCUT2D eigenvalue weighted by atomic mass is 9.90. The molecule has 0 bridgehead atoms. The quantitative estimate of drug-likeness (QED) is 0.446. The van der Waals surface area contributed by atoms with E-state index in [1.165, 1.54) is 6.07 Å². The average Bonchev–Trinajstić information content (AvgIpc) is 2.94. The second-order valence-electron chi connectivity index (χ2n) is 5.87. The molecule has 0 fully saturated rings. The molecule has 0 amide bonds. The van der Waals surface area contributed by atoms with Gasteiger partial charge in [-0.3, -0.25) is 9.59 Å². The normalized spacial score (nSPS) is 20.6. The number of ether oxygens (including phenoxy) is 4. The van der Waals surface area contributed by atoms with Crippen molar-refractivity contribution in [3.8, 4) is 22.6 Å². The SMILES string of the molecule is COC(=O)C12OC(=O)CC(=O)Oc3ccc(-c4ccccc4)c(c31)OC2=O. The summed E-state index contributed by atoms with van der Waals surface area (Å²) in [5.74, 6) is -4.42. The first-order valence-electron chi connectivity index (χ1n) is 7.93. The zero-order valence-electron chi connectivity index (χ0n) is 14.0. The fourth-order valence-corrected chi connectivity index (χ4v) is 3.15. The second-order valence-corrected chi connectivity index (χ2v) is 5.87. The van der Waals surface area contributed by atoms with E-state index < -0.39 is 35.9 Å². The van der Waals surface area contributed by atoms with Crippen LogP contribution in [0.1, 0.15) is 12.0 Å². The molecule has 1 unspecified atom stereocenters. The van der Waals surface area contributed by atoms with E-state index in [0.29, 0.717) is 11.1 Å². The highest BCUT2D eigenvalue weighted by Crippen LogP contribution is 2.52. The van der Waals surface area contributed by atoms with Crippen LogP contribution in [0.2, 0.25) is 0 Å². The van der Waals surface area contributed by atoms with Gasteiger partial charge < -0.3 is 18.9 Å². The van der Waals surface area contributed by atoms with Crippen molar-refractivity contribution in [3.05, 3.63) is 48.0 Å². The summed E-state index contributed by atoms with van der Waals surface area (Å²) in [6.45, 7) is 0. The van der Waals surface area contributed by atoms with E-state index in [1.54, 1.807) is 30.3 Å². The minimum absolute atomic E-state index is 0.0309. The predicted molar refractivity (Wildman–Crippen MR) is 87.6 cm³/mol. The zero-order valence-corrected chi connectivity index (χ0v) is 14.0. The smallest absolute Gasteiger partial charge is 0.373 e. The Bertz CT molecular complexity index is 994. The minimum Gasteiger partial charge on any atom is -0.465 e. The van der Waals surface area contributed by atoms with Crippen molar-refractivity contribution >= 4 is 23.9 Å². The Morgan fingerprint density at radius 2 is 1.74 bits per heavy atom. The average molecular weight is 368 g/mol. The van der Waals surface area contributed by atoms with Crippen LogP contribution in [0.4, 0.5) is 0 Å². The lowest BCUT2D eigenvalue weighted by Gasteiger charge is -2.26. The topological polar surface area (TPSA) is 105 Å². The molecule has 2 heterocycles. The maximum atomic E-state index is 12.7. The third-order valence-corrected chi connectivity index (χ3v) is 4.29. The van der Waals surface area contributed by atoms with Crippen molar-refractivity contribution in [1.82, 2.24) is 0 Å². The van der Waals surface area contributed by atoms with E-state index in [2.05, 4.69) is 0 Å². The van der Waals surface area contributed by atoms with Crippen molar-refractivity contribution in [1.29, 1.82) is 0 Å². The summed E-state index contributed by atoms with van der Waals surface area (Å²) in [5, 5.41) is 0. The van der Waals surface area contributed by atoms with E-state index in [1.807, 2.05) is 6.07 Å². The zero-order chi connectivity index (χ0) is 19.2. The lowest BCUT2D eigenvalue weighted by molar-refractivity contribution is -0.191. The van der Waals surface area contributed by atoms with Crippen LogP contribution in [0.25, 0.3) is 11.1 Å². The fourth-order valence-electron chi connectivity index (χ4n) is 3.15. The summed E-state index contributed by atoms with van der Waals surface area (Å²) in [7, 11) is 1.04. The molecule has 0 aliphatic carbocycles. The van der Waals surface area contributed by atoms with E-state index in [0.717, 1.165) is 7.11 Å². The standard InChI is InChI=1S/C19H12O8/c1-24-17(22)19-15-12(25-13(20)9-14(21)27-19)8-7-11(16(15)26-18(19)23)10-5-3-2-4-6-10/h2-8H,9H2,1H3. The molecule has 2 aliphatic heterocycles. The molecule has 8 heteroatoms. The molecule has 0 aromatic heterocycles. The number of benzene rings is 2. The number of hydrogen-bond donors (Lipinski definition) is 0. The largest absolute Gasteiger partial charge is 0.465 e. The van der Waals surface area contributed by atoms with Gasteiger partial charge in [-0.05, 0) is 17.7 Å². The first-order valence-corrected chi connectivity index (χ1v) is 7.93. The Hall–Kier alpha value is -3.68. The highest BCUT2D eigenvalue weighted by Gasteiger charge is 2.63. The van der Waals surface area contributed by atoms with Crippen LogP contribution in [0, 0.1) is 0 Å². The Labute approximate surface area is 152 Å². The Kier molecular flexibility index (Phi) is 3.69. The van der Waals surface area contributed by atoms with Gasteiger partial charge in [0.1, 0.15) is 17.7 Å². The first-order chi connectivity index (χ1) is 13.0. The lowest BCUT2D eigenvalue weighted by Crippen LogP contribution is -2.48. The van der Waals surface area contributed by atoms with Gasteiger partial charge in [0.2, 0.25) is 0 Å². The third-order valence-electron chi connectivity index (χ3n) is 4.29. The van der Waals surface area contributed by atoms with Crippen molar-refractivity contribution in [2.45, 2.75) is 12.0 Å². The Balaban J connectivity index is 2.04. The summed E-state index contributed by atoms with van der Waals surface area (Å²) in [5.41, 5.74) is -1.51. The van der Waals surface area contributed by atoms with E-state index in [9.17, 15) is 19.2 Å². The molecule has 2 aliphatic rings. The van der Waals surface area contributed by atoms with Gasteiger partial charge in [0.05, 0.1) is 7.11 Å². The molecule has 0 radical (unpaired) electrons. The van der Waals surface area contributed by atoms with Crippen LogP contribution in [-0.2, 0) is 34.3 Å². The molecule has 0 N–H and O–H groups in total. The fraction of sp³-hybridized carbons (Fsp3) is 0.158. The molecule has 0 spiro atoms. The van der Waals surface area contributed by atoms with Gasteiger partial charge in [-0.25, -0.2) is 9.59 Å². The van der Waals surface area contributed by atoms with Gasteiger partial charge in [-0.15, -0.1) is 0 Å². The number of carbonyl (C=O) groups excluding carboxylic acids is 4. The van der Waals surface area contributed by atoms with Gasteiger partial charge in [0.25, 0.3) is 0 Å². The van der Waals surface area contributed by atoms with E-state index in [4.69, 9.17) is 18.9 Å². The molecule has 0 saturated carbocycles. The summed E-state index contributed by atoms with van der Waals surface area (Å²) < 4.78 is 20.4. The van der Waals surface area contributed by atoms with Crippen LogP contribution >= 0.6 is 0 Å². The molecule has 136 valence electrons. The maximum Gasteiger partial charge on any atom is 0.373 e. The number of methoxy groups -OCH3 is 1. The molecule has 2 aromatic carbocycles. The molecular weight excluding hydrogens is 356 g/mol. The molecule has 2 aromatic rings. The molecule has 27 heavy (non-hydrogen) atoms. The monoisotopic (exact) mass is 368 g/mol. The summed E-state index contributed by atoms with van der Waals surface area (Å²) in [6.07, 6.45) is -0.763. The van der Waals surface area contributed by atoms with Gasteiger partial charge in [-0.2, -0.15) is 0 Å². The van der Waals surface area contributed by atoms with Gasteiger partial charge >= 0.3 is 29.5 Å². The summed E-state index contributed by atoms with van der Waals surface area (Å²) >= 11 is 0. The van der Waals surface area contributed by atoms with Crippen molar-refractivity contribution in [3.63, 3.8) is 0 Å². The number of rotatable bonds is 2. The second kappa shape index (κ2) is 5.94. The molecular formula is C19H12O8. The number of hydrogen-bond acceptors (Lipinski definition) is 8. The van der Waals surface area contributed by atoms with Gasteiger partial charge in [0, 0.05) is 5.56 Å². The number of esters is 4. The van der Waals surface area contributed by atoms with Crippen LogP contribution in [0.5, 0.6) is 11.5 Å². The third kappa shape index (κ3) is 2.37. The van der Waals surface area contributed by atoms with Gasteiger partial charge in [0.15, 0.2) is 5.75 Å². The van der Waals surface area contributed by atoms with Crippen molar-refractivity contribution in [2.24, 2.45) is 0 Å². The first kappa shape index (κ1) is 16.8. The van der Waals surface area contributed by atoms with E-state index >= 15 is 0 Å². The maximum absolute atomic E-state index is 12.7. The van der Waals surface area contributed by atoms with Crippen LogP contribution in [0.3, 0.4) is 0 Å². The summed E-state index contributed by atoms with van der Waals surface area (Å²) in [4.78, 5) is 49.1. The summed E-state index contributed by atoms with van der Waals surface area (Å²) in [6, 6.07) is 11.9. The van der Waals surface area contributed by atoms with Crippen LogP contribution in [0.15, 0.2) is 42.5 Å². The minimum atomic E-state index is -2.48. The van der Waals surface area contributed by atoms with Crippen LogP contribution < -0.4 is 9.47 Å². The predicted octanol–water partition coefficient (Wildman–Crippen LogP) is 1.49.